The molecule has 0 aliphatic heterocycles. The van der Waals surface area contributed by atoms with E-state index in [4.69, 9.17) is 9.84 Å². The van der Waals surface area contributed by atoms with Crippen LogP contribution in [0.25, 0.3) is 11.4 Å². The second-order valence-electron chi connectivity index (χ2n) is 4.44. The van der Waals surface area contributed by atoms with E-state index in [-0.39, 0.29) is 18.4 Å². The molecule has 1 aromatic heterocycles. The Bertz CT molecular complexity index is 677. The molecule has 0 saturated carbocycles. The predicted octanol–water partition coefficient (Wildman–Crippen LogP) is 1.85. The molecular formula is C15H16N2O4. The number of hydrogen-bond donors (Lipinski definition) is 2. The summed E-state index contributed by atoms with van der Waals surface area (Å²) < 4.78 is 5.35. The van der Waals surface area contributed by atoms with Crippen LogP contribution in [-0.4, -0.2) is 27.7 Å². The van der Waals surface area contributed by atoms with Crippen molar-refractivity contribution in [2.24, 2.45) is 0 Å². The van der Waals surface area contributed by atoms with Crippen LogP contribution in [0.15, 0.2) is 35.3 Å². The number of rotatable bonds is 6. The zero-order chi connectivity index (χ0) is 15.2. The van der Waals surface area contributed by atoms with Gasteiger partial charge in [0.05, 0.1) is 6.61 Å². The fraction of sp³-hybridized carbons (Fsp3) is 0.267. The summed E-state index contributed by atoms with van der Waals surface area (Å²) in [7, 11) is 0. The van der Waals surface area contributed by atoms with Crippen LogP contribution in [0.3, 0.4) is 0 Å². The average molecular weight is 288 g/mol. The van der Waals surface area contributed by atoms with Crippen LogP contribution >= 0.6 is 0 Å². The normalized spacial score (nSPS) is 10.3. The van der Waals surface area contributed by atoms with E-state index >= 15 is 0 Å². The van der Waals surface area contributed by atoms with Crippen molar-refractivity contribution in [3.05, 3.63) is 46.4 Å². The third kappa shape index (κ3) is 3.92. The lowest BCUT2D eigenvalue weighted by Crippen LogP contribution is -2.15. The van der Waals surface area contributed by atoms with Gasteiger partial charge in [-0.1, -0.05) is 0 Å². The van der Waals surface area contributed by atoms with E-state index in [1.165, 1.54) is 6.20 Å². The Kier molecular flexibility index (Phi) is 4.71. The summed E-state index contributed by atoms with van der Waals surface area (Å²) in [4.78, 5) is 29.2. The Morgan fingerprint density at radius 3 is 2.62 bits per heavy atom. The molecule has 21 heavy (non-hydrogen) atoms. The highest BCUT2D eigenvalue weighted by Crippen LogP contribution is 2.18. The van der Waals surface area contributed by atoms with Crippen molar-refractivity contribution in [2.75, 3.05) is 6.61 Å². The predicted molar refractivity (Wildman–Crippen MR) is 77.4 cm³/mol. The third-order valence-corrected chi connectivity index (χ3v) is 2.92. The minimum absolute atomic E-state index is 0.0901. The summed E-state index contributed by atoms with van der Waals surface area (Å²) >= 11 is 0. The first-order chi connectivity index (χ1) is 10.1. The third-order valence-electron chi connectivity index (χ3n) is 2.92. The highest BCUT2D eigenvalue weighted by molar-refractivity contribution is 5.67. The number of nitrogens with one attached hydrogen (secondary N) is 1. The van der Waals surface area contributed by atoms with E-state index in [2.05, 4.69) is 9.97 Å². The molecule has 0 fully saturated rings. The molecule has 2 aromatic rings. The molecule has 0 amide bonds. The van der Waals surface area contributed by atoms with E-state index in [1.807, 2.05) is 6.92 Å². The number of carboxylic acids is 1. The van der Waals surface area contributed by atoms with Gasteiger partial charge in [0.2, 0.25) is 0 Å². The second kappa shape index (κ2) is 6.69. The standard InChI is InChI=1S/C15H16N2O4/c1-2-21-12-6-3-10(4-7-12)14-16-9-11(15(20)17-14)5-8-13(18)19/h3-4,6-7,9H,2,5,8H2,1H3,(H,18,19)(H,16,17,20). The van der Waals surface area contributed by atoms with Gasteiger partial charge in [-0.25, -0.2) is 4.98 Å². The molecule has 2 N–H and O–H groups in total. The quantitative estimate of drug-likeness (QED) is 0.846. The van der Waals surface area contributed by atoms with E-state index in [0.29, 0.717) is 18.0 Å². The number of benzene rings is 1. The first-order valence-electron chi connectivity index (χ1n) is 6.63. The first-order valence-corrected chi connectivity index (χ1v) is 6.63. The van der Waals surface area contributed by atoms with Crippen LogP contribution in [0.1, 0.15) is 18.9 Å². The zero-order valence-corrected chi connectivity index (χ0v) is 11.6. The van der Waals surface area contributed by atoms with Crippen LogP contribution in [0.5, 0.6) is 5.75 Å². The van der Waals surface area contributed by atoms with Crippen molar-refractivity contribution < 1.29 is 14.6 Å². The van der Waals surface area contributed by atoms with Gasteiger partial charge in [0.15, 0.2) is 0 Å². The molecule has 0 atom stereocenters. The number of carbonyl (C=O) groups is 1. The van der Waals surface area contributed by atoms with E-state index in [0.717, 1.165) is 11.3 Å². The number of aromatic nitrogens is 2. The zero-order valence-electron chi connectivity index (χ0n) is 11.6. The van der Waals surface area contributed by atoms with Crippen molar-refractivity contribution in [3.63, 3.8) is 0 Å². The summed E-state index contributed by atoms with van der Waals surface area (Å²) in [5.41, 5.74) is 0.822. The number of H-pyrrole nitrogens is 1. The Morgan fingerprint density at radius 2 is 2.05 bits per heavy atom. The minimum Gasteiger partial charge on any atom is -0.494 e. The molecule has 0 aliphatic carbocycles. The molecule has 6 nitrogen and oxygen atoms in total. The largest absolute Gasteiger partial charge is 0.494 e. The van der Waals surface area contributed by atoms with Gasteiger partial charge in [0.25, 0.3) is 5.56 Å². The molecule has 1 heterocycles. The summed E-state index contributed by atoms with van der Waals surface area (Å²) in [5.74, 6) is 0.258. The van der Waals surface area contributed by atoms with Gasteiger partial charge in [0.1, 0.15) is 11.6 Å². The van der Waals surface area contributed by atoms with Gasteiger partial charge in [-0.2, -0.15) is 0 Å². The Morgan fingerprint density at radius 1 is 1.33 bits per heavy atom. The van der Waals surface area contributed by atoms with Crippen molar-refractivity contribution in [1.29, 1.82) is 0 Å². The van der Waals surface area contributed by atoms with Crippen LogP contribution in [0, 0.1) is 0 Å². The molecule has 0 saturated heterocycles. The molecule has 0 aliphatic rings. The monoisotopic (exact) mass is 288 g/mol. The lowest BCUT2D eigenvalue weighted by atomic mass is 10.1. The fourth-order valence-electron chi connectivity index (χ4n) is 1.86. The molecule has 6 heteroatoms. The van der Waals surface area contributed by atoms with Gasteiger partial charge >= 0.3 is 5.97 Å². The van der Waals surface area contributed by atoms with Crippen LogP contribution < -0.4 is 10.3 Å². The molecule has 110 valence electrons. The van der Waals surface area contributed by atoms with E-state index < -0.39 is 5.97 Å². The highest BCUT2D eigenvalue weighted by atomic mass is 16.5. The van der Waals surface area contributed by atoms with Gasteiger partial charge in [0, 0.05) is 23.7 Å². The number of hydrogen-bond acceptors (Lipinski definition) is 4. The lowest BCUT2D eigenvalue weighted by Gasteiger charge is -2.05. The van der Waals surface area contributed by atoms with Gasteiger partial charge in [-0.3, -0.25) is 9.59 Å². The van der Waals surface area contributed by atoms with Crippen LogP contribution in [0.2, 0.25) is 0 Å². The first kappa shape index (κ1) is 14.8. The molecule has 0 spiro atoms. The number of aliphatic carboxylic acids is 1. The molecular weight excluding hydrogens is 272 g/mol. The smallest absolute Gasteiger partial charge is 0.303 e. The molecule has 2 rings (SSSR count). The summed E-state index contributed by atoms with van der Waals surface area (Å²) in [5, 5.41) is 8.62. The Balaban J connectivity index is 2.19. The van der Waals surface area contributed by atoms with Gasteiger partial charge in [-0.05, 0) is 37.6 Å². The highest BCUT2D eigenvalue weighted by Gasteiger charge is 2.07. The van der Waals surface area contributed by atoms with Crippen molar-refractivity contribution in [2.45, 2.75) is 19.8 Å². The molecule has 1 aromatic carbocycles. The summed E-state index contributed by atoms with van der Waals surface area (Å²) in [6, 6.07) is 7.22. The number of ether oxygens (including phenoxy) is 1. The molecule has 0 bridgehead atoms. The van der Waals surface area contributed by atoms with Crippen molar-refractivity contribution in [1.82, 2.24) is 9.97 Å². The second-order valence-corrected chi connectivity index (χ2v) is 4.44. The number of aryl methyl sites for hydroxylation is 1. The van der Waals surface area contributed by atoms with E-state index in [1.54, 1.807) is 24.3 Å². The number of nitrogens with zero attached hydrogens (tertiary/aromatic N) is 1. The number of aromatic amines is 1. The average Bonchev–Trinajstić information content (AvgIpc) is 2.47. The minimum atomic E-state index is -0.940. The maximum absolute atomic E-state index is 11.9. The lowest BCUT2D eigenvalue weighted by molar-refractivity contribution is -0.136. The SMILES string of the molecule is CCOc1ccc(-c2ncc(CCC(=O)O)c(=O)[nH]2)cc1. The maximum Gasteiger partial charge on any atom is 0.303 e. The summed E-state index contributed by atoms with van der Waals surface area (Å²) in [6.45, 7) is 2.50. The number of carboxylic acid groups (broad SMARTS) is 1. The van der Waals surface area contributed by atoms with Crippen molar-refractivity contribution in [3.8, 4) is 17.1 Å². The maximum atomic E-state index is 11.9. The topological polar surface area (TPSA) is 92.3 Å². The van der Waals surface area contributed by atoms with Gasteiger partial charge < -0.3 is 14.8 Å². The molecule has 0 radical (unpaired) electrons. The fourth-order valence-corrected chi connectivity index (χ4v) is 1.86. The Labute approximate surface area is 121 Å². The van der Waals surface area contributed by atoms with Crippen LogP contribution in [-0.2, 0) is 11.2 Å². The van der Waals surface area contributed by atoms with Gasteiger partial charge in [-0.15, -0.1) is 0 Å². The van der Waals surface area contributed by atoms with Crippen molar-refractivity contribution >= 4 is 5.97 Å². The Hall–Kier alpha value is -2.63. The summed E-state index contributed by atoms with van der Waals surface area (Å²) in [6.07, 6.45) is 1.50. The van der Waals surface area contributed by atoms with Crippen LogP contribution in [0.4, 0.5) is 0 Å². The molecule has 0 unspecified atom stereocenters. The van der Waals surface area contributed by atoms with E-state index in [9.17, 15) is 9.59 Å².